The van der Waals surface area contributed by atoms with Crippen LogP contribution in [0.15, 0.2) is 23.0 Å². The number of hydrogen-bond donors (Lipinski definition) is 1. The fraction of sp³-hybridized carbons (Fsp3) is 0.357. The Bertz CT molecular complexity index is 790. The molecular formula is C14H14ClN3O3. The van der Waals surface area contributed by atoms with Crippen LogP contribution in [0.25, 0.3) is 11.0 Å². The van der Waals surface area contributed by atoms with Crippen molar-refractivity contribution in [2.75, 3.05) is 6.54 Å². The molecule has 1 aliphatic heterocycles. The van der Waals surface area contributed by atoms with E-state index in [0.717, 1.165) is 5.56 Å². The smallest absolute Gasteiger partial charge is 0.329 e. The number of alkyl halides is 1. The van der Waals surface area contributed by atoms with E-state index in [2.05, 4.69) is 5.32 Å². The van der Waals surface area contributed by atoms with Crippen LogP contribution >= 0.6 is 11.6 Å². The van der Waals surface area contributed by atoms with Crippen LogP contribution in [-0.2, 0) is 22.5 Å². The average Bonchev–Trinajstić information content (AvgIpc) is 2.72. The number of ketones is 1. The number of halogens is 1. The van der Waals surface area contributed by atoms with Gasteiger partial charge in [-0.25, -0.2) is 4.79 Å². The minimum Gasteiger partial charge on any atom is -0.353 e. The fourth-order valence-corrected chi connectivity index (χ4v) is 3.04. The first-order chi connectivity index (χ1) is 10.1. The van der Waals surface area contributed by atoms with Crippen LogP contribution in [-0.4, -0.2) is 27.4 Å². The quantitative estimate of drug-likeness (QED) is 0.656. The van der Waals surface area contributed by atoms with E-state index in [1.807, 2.05) is 6.07 Å². The van der Waals surface area contributed by atoms with E-state index in [-0.39, 0.29) is 18.1 Å². The Labute approximate surface area is 125 Å². The number of benzene rings is 1. The van der Waals surface area contributed by atoms with Gasteiger partial charge in [-0.3, -0.25) is 18.7 Å². The summed E-state index contributed by atoms with van der Waals surface area (Å²) < 4.78 is 2.70. The second-order valence-electron chi connectivity index (χ2n) is 5.04. The van der Waals surface area contributed by atoms with Crippen LogP contribution in [0.2, 0.25) is 0 Å². The molecule has 1 N–H and O–H groups in total. The van der Waals surface area contributed by atoms with E-state index in [9.17, 15) is 14.4 Å². The third-order valence-corrected chi connectivity index (χ3v) is 4.10. The number of nitrogens with zero attached hydrogens (tertiary/aromatic N) is 2. The van der Waals surface area contributed by atoms with Crippen molar-refractivity contribution in [2.45, 2.75) is 18.3 Å². The topological polar surface area (TPSA) is 73.1 Å². The van der Waals surface area contributed by atoms with Crippen molar-refractivity contribution in [1.29, 1.82) is 0 Å². The molecule has 6 nitrogen and oxygen atoms in total. The number of aromatic nitrogens is 2. The molecule has 0 spiro atoms. The first kappa shape index (κ1) is 13.9. The Morgan fingerprint density at radius 2 is 2.10 bits per heavy atom. The van der Waals surface area contributed by atoms with Gasteiger partial charge in [0.05, 0.1) is 11.0 Å². The van der Waals surface area contributed by atoms with Gasteiger partial charge in [0.1, 0.15) is 0 Å². The van der Waals surface area contributed by atoms with Crippen LogP contribution in [0.5, 0.6) is 0 Å². The van der Waals surface area contributed by atoms with Crippen LogP contribution in [0, 0.1) is 0 Å². The molecule has 2 aromatic rings. The Morgan fingerprint density at radius 3 is 2.76 bits per heavy atom. The molecule has 1 aromatic heterocycles. The van der Waals surface area contributed by atoms with Crippen molar-refractivity contribution in [3.8, 4) is 0 Å². The number of fused-ring (bicyclic) bond motifs is 1. The normalized spacial score (nSPS) is 19.0. The van der Waals surface area contributed by atoms with Gasteiger partial charge in [0.15, 0.2) is 11.8 Å². The zero-order valence-electron chi connectivity index (χ0n) is 11.4. The lowest BCUT2D eigenvalue weighted by Crippen LogP contribution is -2.46. The molecule has 110 valence electrons. The highest BCUT2D eigenvalue weighted by molar-refractivity contribution is 6.18. The Kier molecular flexibility index (Phi) is 3.33. The molecule has 1 unspecified atom stereocenters. The number of Topliss-reactive ketones (excluding diaryl/α,β-unsaturated/α-hetero) is 1. The number of imidazole rings is 1. The number of carbonyl (C=O) groups excluding carboxylic acids is 2. The molecule has 21 heavy (non-hydrogen) atoms. The molecule has 1 aliphatic rings. The predicted molar refractivity (Wildman–Crippen MR) is 78.4 cm³/mol. The zero-order chi connectivity index (χ0) is 15.1. The maximum absolute atomic E-state index is 12.5. The number of piperidine rings is 1. The number of hydrogen-bond acceptors (Lipinski definition) is 3. The van der Waals surface area contributed by atoms with E-state index < -0.39 is 17.6 Å². The minimum absolute atomic E-state index is 0.231. The second kappa shape index (κ2) is 5.04. The Balaban J connectivity index is 2.33. The molecule has 7 heteroatoms. The lowest BCUT2D eigenvalue weighted by atomic mass is 10.0. The monoisotopic (exact) mass is 307 g/mol. The largest absolute Gasteiger partial charge is 0.353 e. The summed E-state index contributed by atoms with van der Waals surface area (Å²) >= 11 is 5.91. The maximum Gasteiger partial charge on any atom is 0.329 e. The van der Waals surface area contributed by atoms with Crippen molar-refractivity contribution in [2.24, 2.45) is 7.05 Å². The Morgan fingerprint density at radius 1 is 1.33 bits per heavy atom. The van der Waals surface area contributed by atoms with Crippen molar-refractivity contribution >= 4 is 34.3 Å². The summed E-state index contributed by atoms with van der Waals surface area (Å²) in [4.78, 5) is 36.6. The van der Waals surface area contributed by atoms with Gasteiger partial charge in [0, 0.05) is 25.9 Å². The molecular weight excluding hydrogens is 294 g/mol. The second-order valence-corrected chi connectivity index (χ2v) is 5.31. The number of para-hydroxylation sites is 1. The van der Waals surface area contributed by atoms with Crippen molar-refractivity contribution in [3.05, 3.63) is 34.2 Å². The number of carbonyl (C=O) groups is 2. The standard InChI is InChI=1S/C14H14ClN3O3/c1-17-11-8(7-15)3-2-4-9(11)18(14(17)21)12-10(19)5-6-16-13(12)20/h2-4,12H,5-7H2,1H3,(H,16,20). The van der Waals surface area contributed by atoms with Crippen LogP contribution in [0.4, 0.5) is 0 Å². The molecule has 2 heterocycles. The highest BCUT2D eigenvalue weighted by Crippen LogP contribution is 2.23. The van der Waals surface area contributed by atoms with E-state index in [4.69, 9.17) is 11.6 Å². The van der Waals surface area contributed by atoms with Crippen LogP contribution in [0.3, 0.4) is 0 Å². The number of amides is 1. The highest BCUT2D eigenvalue weighted by atomic mass is 35.5. The third-order valence-electron chi connectivity index (χ3n) is 3.81. The molecule has 1 aromatic carbocycles. The highest BCUT2D eigenvalue weighted by Gasteiger charge is 2.34. The van der Waals surface area contributed by atoms with E-state index in [1.165, 1.54) is 9.13 Å². The molecule has 0 saturated carbocycles. The van der Waals surface area contributed by atoms with Gasteiger partial charge in [-0.1, -0.05) is 12.1 Å². The lowest BCUT2D eigenvalue weighted by molar-refractivity contribution is -0.135. The summed E-state index contributed by atoms with van der Waals surface area (Å²) in [5.41, 5.74) is 1.61. The van der Waals surface area contributed by atoms with Crippen molar-refractivity contribution in [3.63, 3.8) is 0 Å². The van der Waals surface area contributed by atoms with E-state index in [0.29, 0.717) is 17.6 Å². The average molecular weight is 308 g/mol. The fourth-order valence-electron chi connectivity index (χ4n) is 2.83. The van der Waals surface area contributed by atoms with Gasteiger partial charge in [0.25, 0.3) is 5.91 Å². The molecule has 1 fully saturated rings. The molecule has 1 saturated heterocycles. The van der Waals surface area contributed by atoms with Gasteiger partial charge >= 0.3 is 5.69 Å². The summed E-state index contributed by atoms with van der Waals surface area (Å²) in [6.07, 6.45) is 0.231. The summed E-state index contributed by atoms with van der Waals surface area (Å²) in [6, 6.07) is 4.21. The van der Waals surface area contributed by atoms with E-state index >= 15 is 0 Å². The molecule has 0 aliphatic carbocycles. The van der Waals surface area contributed by atoms with Gasteiger partial charge < -0.3 is 5.32 Å². The molecule has 0 radical (unpaired) electrons. The third kappa shape index (κ3) is 1.98. The lowest BCUT2D eigenvalue weighted by Gasteiger charge is -2.21. The predicted octanol–water partition coefficient (Wildman–Crippen LogP) is 0.709. The van der Waals surface area contributed by atoms with Gasteiger partial charge in [-0.05, 0) is 11.6 Å². The maximum atomic E-state index is 12.5. The number of rotatable bonds is 2. The van der Waals surface area contributed by atoms with E-state index in [1.54, 1.807) is 19.2 Å². The first-order valence-corrected chi connectivity index (χ1v) is 7.15. The van der Waals surface area contributed by atoms with Gasteiger partial charge in [-0.2, -0.15) is 0 Å². The summed E-state index contributed by atoms with van der Waals surface area (Å²) in [6.45, 7) is 0.320. The SMILES string of the molecule is Cn1c(=O)n(C2C(=O)CCNC2=O)c2cccc(CCl)c21. The zero-order valence-corrected chi connectivity index (χ0v) is 12.2. The summed E-state index contributed by atoms with van der Waals surface area (Å²) in [5.74, 6) is -0.429. The first-order valence-electron chi connectivity index (χ1n) is 6.61. The van der Waals surface area contributed by atoms with Crippen LogP contribution in [0.1, 0.15) is 18.0 Å². The van der Waals surface area contributed by atoms with Gasteiger partial charge in [-0.15, -0.1) is 11.6 Å². The summed E-state index contributed by atoms with van der Waals surface area (Å²) in [7, 11) is 1.61. The Hall–Kier alpha value is -2.08. The number of aryl methyl sites for hydroxylation is 1. The molecule has 3 rings (SSSR count). The van der Waals surface area contributed by atoms with Crippen LogP contribution < -0.4 is 11.0 Å². The van der Waals surface area contributed by atoms with Crippen molar-refractivity contribution < 1.29 is 9.59 Å². The molecule has 0 bridgehead atoms. The number of nitrogens with one attached hydrogen (secondary N) is 1. The van der Waals surface area contributed by atoms with Gasteiger partial charge in [0.2, 0.25) is 0 Å². The molecule has 1 atom stereocenters. The summed E-state index contributed by atoms with van der Waals surface area (Å²) in [5, 5.41) is 2.64. The van der Waals surface area contributed by atoms with Crippen molar-refractivity contribution in [1.82, 2.24) is 14.5 Å². The molecule has 1 amide bonds. The minimum atomic E-state index is -1.10.